The molecule has 1 aromatic carbocycles. The molecule has 0 unspecified atom stereocenters. The van der Waals surface area contributed by atoms with Crippen molar-refractivity contribution in [3.05, 3.63) is 58.3 Å². The van der Waals surface area contributed by atoms with Gasteiger partial charge in [-0.2, -0.15) is 0 Å². The number of halogens is 1. The van der Waals surface area contributed by atoms with Crippen LogP contribution in [0, 0.1) is 0 Å². The molecule has 0 N–H and O–H groups in total. The second-order valence-electron chi connectivity index (χ2n) is 3.42. The van der Waals surface area contributed by atoms with Gasteiger partial charge in [-0.15, -0.1) is 0 Å². The highest BCUT2D eigenvalue weighted by atomic mass is 79.9. The van der Waals surface area contributed by atoms with Gasteiger partial charge < -0.3 is 4.74 Å². The Hall–Kier alpha value is -1.68. The SMILES string of the molecule is COc1ccc(C(=O)c2ccc(Br)cn2)cc1. The van der Waals surface area contributed by atoms with Gasteiger partial charge in [-0.3, -0.25) is 9.78 Å². The van der Waals surface area contributed by atoms with E-state index < -0.39 is 0 Å². The van der Waals surface area contributed by atoms with Gasteiger partial charge in [0, 0.05) is 16.2 Å². The van der Waals surface area contributed by atoms with Crippen LogP contribution in [0.1, 0.15) is 16.1 Å². The Kier molecular flexibility index (Phi) is 3.54. The van der Waals surface area contributed by atoms with Crippen LogP contribution in [0.5, 0.6) is 5.75 Å². The van der Waals surface area contributed by atoms with E-state index in [0.717, 1.165) is 10.2 Å². The molecule has 0 atom stereocenters. The Morgan fingerprint density at radius 1 is 1.18 bits per heavy atom. The molecule has 2 rings (SSSR count). The predicted octanol–water partition coefficient (Wildman–Crippen LogP) is 3.08. The highest BCUT2D eigenvalue weighted by Crippen LogP contribution is 2.15. The zero-order valence-corrected chi connectivity index (χ0v) is 10.8. The van der Waals surface area contributed by atoms with E-state index in [9.17, 15) is 4.79 Å². The van der Waals surface area contributed by atoms with Crippen molar-refractivity contribution < 1.29 is 9.53 Å². The zero-order chi connectivity index (χ0) is 12.3. The van der Waals surface area contributed by atoms with Gasteiger partial charge in [-0.05, 0) is 52.3 Å². The second-order valence-corrected chi connectivity index (χ2v) is 4.33. The summed E-state index contributed by atoms with van der Waals surface area (Å²) < 4.78 is 5.89. The first-order valence-electron chi connectivity index (χ1n) is 5.01. The van der Waals surface area contributed by atoms with Crippen molar-refractivity contribution in [1.29, 1.82) is 0 Å². The monoisotopic (exact) mass is 291 g/mol. The van der Waals surface area contributed by atoms with Gasteiger partial charge in [0.25, 0.3) is 0 Å². The molecule has 0 fully saturated rings. The maximum Gasteiger partial charge on any atom is 0.211 e. The number of aromatic nitrogens is 1. The summed E-state index contributed by atoms with van der Waals surface area (Å²) in [5.41, 5.74) is 1.03. The topological polar surface area (TPSA) is 39.2 Å². The minimum atomic E-state index is -0.0971. The van der Waals surface area contributed by atoms with Gasteiger partial charge in [0.1, 0.15) is 11.4 Å². The lowest BCUT2D eigenvalue weighted by atomic mass is 10.1. The predicted molar refractivity (Wildman–Crippen MR) is 68.4 cm³/mol. The first kappa shape index (κ1) is 11.8. The van der Waals surface area contributed by atoms with Crippen LogP contribution in [0.25, 0.3) is 0 Å². The quantitative estimate of drug-likeness (QED) is 0.816. The summed E-state index contributed by atoms with van der Waals surface area (Å²) >= 11 is 3.28. The Bertz CT molecular complexity index is 520. The number of nitrogens with zero attached hydrogens (tertiary/aromatic N) is 1. The number of hydrogen-bond acceptors (Lipinski definition) is 3. The van der Waals surface area contributed by atoms with Crippen LogP contribution in [0.2, 0.25) is 0 Å². The number of hydrogen-bond donors (Lipinski definition) is 0. The third kappa shape index (κ3) is 2.71. The molecule has 86 valence electrons. The van der Waals surface area contributed by atoms with Crippen LogP contribution >= 0.6 is 15.9 Å². The molecule has 2 aromatic rings. The summed E-state index contributed by atoms with van der Waals surface area (Å²) in [6.07, 6.45) is 1.61. The van der Waals surface area contributed by atoms with Crippen molar-refractivity contribution in [3.8, 4) is 5.75 Å². The van der Waals surface area contributed by atoms with Crippen molar-refractivity contribution in [1.82, 2.24) is 4.98 Å². The summed E-state index contributed by atoms with van der Waals surface area (Å²) in [7, 11) is 1.59. The molecule has 0 radical (unpaired) electrons. The largest absolute Gasteiger partial charge is 0.497 e. The van der Waals surface area contributed by atoms with E-state index in [1.54, 1.807) is 49.7 Å². The molecule has 0 aliphatic rings. The molecule has 0 amide bonds. The normalized spacial score (nSPS) is 10.0. The Morgan fingerprint density at radius 3 is 2.41 bits per heavy atom. The van der Waals surface area contributed by atoms with E-state index >= 15 is 0 Å². The fraction of sp³-hybridized carbons (Fsp3) is 0.0769. The summed E-state index contributed by atoms with van der Waals surface area (Å²) in [6.45, 7) is 0. The number of methoxy groups -OCH3 is 1. The number of rotatable bonds is 3. The lowest BCUT2D eigenvalue weighted by Gasteiger charge is -2.02. The summed E-state index contributed by atoms with van der Waals surface area (Å²) in [5, 5.41) is 0. The minimum absolute atomic E-state index is 0.0971. The van der Waals surface area contributed by atoms with E-state index in [4.69, 9.17) is 4.74 Å². The molecular weight excluding hydrogens is 282 g/mol. The van der Waals surface area contributed by atoms with E-state index in [2.05, 4.69) is 20.9 Å². The van der Waals surface area contributed by atoms with Crippen LogP contribution in [-0.2, 0) is 0 Å². The fourth-order valence-electron chi connectivity index (χ4n) is 1.40. The molecule has 1 heterocycles. The van der Waals surface area contributed by atoms with Crippen LogP contribution < -0.4 is 4.74 Å². The molecule has 0 bridgehead atoms. The number of ether oxygens (including phenoxy) is 1. The van der Waals surface area contributed by atoms with Gasteiger partial charge in [-0.25, -0.2) is 0 Å². The van der Waals surface area contributed by atoms with Crippen LogP contribution in [0.4, 0.5) is 0 Å². The number of carbonyl (C=O) groups excluding carboxylic acids is 1. The van der Waals surface area contributed by atoms with E-state index in [-0.39, 0.29) is 5.78 Å². The van der Waals surface area contributed by atoms with Gasteiger partial charge in [0.05, 0.1) is 7.11 Å². The highest BCUT2D eigenvalue weighted by molar-refractivity contribution is 9.10. The maximum absolute atomic E-state index is 12.0. The Balaban J connectivity index is 2.27. The first-order chi connectivity index (χ1) is 8.20. The summed E-state index contributed by atoms with van der Waals surface area (Å²) in [5.74, 6) is 0.630. The van der Waals surface area contributed by atoms with Crippen molar-refractivity contribution >= 4 is 21.7 Å². The maximum atomic E-state index is 12.0. The van der Waals surface area contributed by atoms with E-state index in [0.29, 0.717) is 11.3 Å². The molecule has 0 aliphatic heterocycles. The van der Waals surface area contributed by atoms with Gasteiger partial charge >= 0.3 is 0 Å². The standard InChI is InChI=1S/C13H10BrNO2/c1-17-11-5-2-9(3-6-11)13(16)12-7-4-10(14)8-15-12/h2-8H,1H3. The third-order valence-corrected chi connectivity index (χ3v) is 2.78. The lowest BCUT2D eigenvalue weighted by molar-refractivity contribution is 0.103. The minimum Gasteiger partial charge on any atom is -0.497 e. The van der Waals surface area contributed by atoms with Crippen molar-refractivity contribution in [3.63, 3.8) is 0 Å². The number of carbonyl (C=O) groups is 1. The number of benzene rings is 1. The van der Waals surface area contributed by atoms with Crippen LogP contribution in [0.15, 0.2) is 47.1 Å². The molecule has 3 nitrogen and oxygen atoms in total. The third-order valence-electron chi connectivity index (χ3n) is 2.31. The van der Waals surface area contributed by atoms with Gasteiger partial charge in [-0.1, -0.05) is 0 Å². The van der Waals surface area contributed by atoms with E-state index in [1.807, 2.05) is 0 Å². The molecule has 0 aliphatic carbocycles. The average Bonchev–Trinajstić information content (AvgIpc) is 2.39. The second kappa shape index (κ2) is 5.10. The van der Waals surface area contributed by atoms with Crippen molar-refractivity contribution in [2.75, 3.05) is 7.11 Å². The highest BCUT2D eigenvalue weighted by Gasteiger charge is 2.10. The average molecular weight is 292 g/mol. The van der Waals surface area contributed by atoms with Crippen molar-refractivity contribution in [2.24, 2.45) is 0 Å². The number of pyridine rings is 1. The molecular formula is C13H10BrNO2. The Labute approximate surface area is 108 Å². The fourth-order valence-corrected chi connectivity index (χ4v) is 1.63. The Morgan fingerprint density at radius 2 is 1.88 bits per heavy atom. The first-order valence-corrected chi connectivity index (χ1v) is 5.80. The summed E-state index contributed by atoms with van der Waals surface area (Å²) in [4.78, 5) is 16.1. The molecule has 0 saturated heterocycles. The van der Waals surface area contributed by atoms with Gasteiger partial charge in [0.15, 0.2) is 0 Å². The number of ketones is 1. The zero-order valence-electron chi connectivity index (χ0n) is 9.18. The lowest BCUT2D eigenvalue weighted by Crippen LogP contribution is -2.03. The van der Waals surface area contributed by atoms with Crippen LogP contribution in [-0.4, -0.2) is 17.9 Å². The molecule has 4 heteroatoms. The molecule has 0 spiro atoms. The summed E-state index contributed by atoms with van der Waals surface area (Å²) in [6, 6.07) is 10.5. The van der Waals surface area contributed by atoms with Crippen molar-refractivity contribution in [2.45, 2.75) is 0 Å². The van der Waals surface area contributed by atoms with Gasteiger partial charge in [0.2, 0.25) is 5.78 Å². The molecule has 17 heavy (non-hydrogen) atoms. The van der Waals surface area contributed by atoms with Crippen LogP contribution in [0.3, 0.4) is 0 Å². The molecule has 0 saturated carbocycles. The van der Waals surface area contributed by atoms with E-state index in [1.165, 1.54) is 0 Å². The smallest absolute Gasteiger partial charge is 0.211 e. The molecule has 1 aromatic heterocycles.